The summed E-state index contributed by atoms with van der Waals surface area (Å²) < 4.78 is 0.667. The second-order valence-corrected chi connectivity index (χ2v) is 19.9. The zero-order valence-electron chi connectivity index (χ0n) is 20.8. The van der Waals surface area contributed by atoms with Gasteiger partial charge in [-0.3, -0.25) is 0 Å². The van der Waals surface area contributed by atoms with Gasteiger partial charge < -0.3 is 0 Å². The Morgan fingerprint density at radius 2 is 1.00 bits per heavy atom. The Morgan fingerprint density at radius 1 is 0.552 bits per heavy atom. The Morgan fingerprint density at radius 3 is 1.52 bits per heavy atom. The Labute approximate surface area is 196 Å². The van der Waals surface area contributed by atoms with Gasteiger partial charge >= 0.3 is 198 Å². The van der Waals surface area contributed by atoms with Crippen LogP contribution in [-0.4, -0.2) is 30.9 Å². The van der Waals surface area contributed by atoms with Gasteiger partial charge in [0.25, 0.3) is 0 Å². The minimum absolute atomic E-state index is 0.430. The van der Waals surface area contributed by atoms with Crippen molar-refractivity contribution in [2.45, 2.75) is 91.2 Å². The van der Waals surface area contributed by atoms with Gasteiger partial charge in [-0.15, -0.1) is 0 Å². The topological polar surface area (TPSA) is 0 Å². The van der Waals surface area contributed by atoms with E-state index in [1.807, 2.05) is 0 Å². The Hall–Kier alpha value is 1.35. The average Bonchev–Trinajstić information content (AvgIpc) is 2.66. The summed E-state index contributed by atoms with van der Waals surface area (Å²) in [6, 6.07) is 0. The van der Waals surface area contributed by atoms with Crippen molar-refractivity contribution in [3.05, 3.63) is 0 Å². The average molecular weight is 600 g/mol. The predicted octanol–water partition coefficient (Wildman–Crippen LogP) is 6.36. The molecule has 0 aromatic carbocycles. The molecule has 0 aromatic heterocycles. The van der Waals surface area contributed by atoms with E-state index < -0.39 is 0 Å². The Balaban J connectivity index is 1.56. The molecule has 14 unspecified atom stereocenters. The number of rotatable bonds is 0. The standard InChI is InChI=1S/C27H40P.Tl/c1-13-18(7)15-20(9)16(3,4)21(10)17(5,6)22(11)23(12)19(8)14(2)24(13,28)26(18,19)25(15,23)27(20,21)22;/h13-14H,28H2,1-12H3;. The van der Waals surface area contributed by atoms with Crippen molar-refractivity contribution in [3.63, 3.8) is 0 Å². The zero-order chi connectivity index (χ0) is 21.7. The monoisotopic (exact) mass is 600 g/mol. The van der Waals surface area contributed by atoms with Crippen LogP contribution >= 0.6 is 9.24 Å². The molecule has 0 radical (unpaired) electrons. The summed E-state index contributed by atoms with van der Waals surface area (Å²) in [4.78, 5) is 0. The van der Waals surface area contributed by atoms with E-state index in [1.54, 1.807) is 0 Å². The Bertz CT molecular complexity index is 1000. The van der Waals surface area contributed by atoms with Crippen molar-refractivity contribution in [3.8, 4) is 0 Å². The molecule has 0 nitrogen and oxygen atoms in total. The third-order valence-electron chi connectivity index (χ3n) is 18.7. The molecule has 2 heteroatoms. The second kappa shape index (κ2) is 3.24. The van der Waals surface area contributed by atoms with Gasteiger partial charge in [0.2, 0.25) is 0 Å². The van der Waals surface area contributed by atoms with Crippen LogP contribution < -0.4 is 0 Å². The van der Waals surface area contributed by atoms with Crippen LogP contribution in [0.4, 0.5) is 0 Å². The first-order valence-corrected chi connectivity index (χ1v) is 15.2. The fourth-order valence-electron chi connectivity index (χ4n) is 18.7. The zero-order valence-corrected chi connectivity index (χ0v) is 26.5. The van der Waals surface area contributed by atoms with Crippen LogP contribution in [0.15, 0.2) is 0 Å². The normalized spacial score (nSPS) is 88.3. The van der Waals surface area contributed by atoms with Crippen molar-refractivity contribution < 1.29 is 0 Å². The Kier molecular flexibility index (Phi) is 2.09. The molecule has 14 atom stereocenters. The van der Waals surface area contributed by atoms with Gasteiger partial charge in [0.15, 0.2) is 0 Å². The quantitative estimate of drug-likeness (QED) is 0.225. The van der Waals surface area contributed by atoms with E-state index in [-0.39, 0.29) is 0 Å². The van der Waals surface area contributed by atoms with Gasteiger partial charge in [0, 0.05) is 0 Å². The van der Waals surface area contributed by atoms with Gasteiger partial charge in [0.05, 0.1) is 0 Å². The molecule has 8 aliphatic carbocycles. The van der Waals surface area contributed by atoms with Gasteiger partial charge in [0.1, 0.15) is 0 Å². The third-order valence-corrected chi connectivity index (χ3v) is 26.4. The van der Waals surface area contributed by atoms with E-state index in [9.17, 15) is 0 Å². The first-order chi connectivity index (χ1) is 12.8. The molecule has 8 aliphatic rings. The molecule has 0 aromatic rings. The molecule has 29 heavy (non-hydrogen) atoms. The van der Waals surface area contributed by atoms with Crippen LogP contribution in [0.25, 0.3) is 0 Å². The molecule has 0 heterocycles. The van der Waals surface area contributed by atoms with Crippen LogP contribution in [0.5, 0.6) is 0 Å². The fraction of sp³-hybridized carbons (Fsp3) is 1.00. The van der Waals surface area contributed by atoms with E-state index in [4.69, 9.17) is 0 Å². The van der Waals surface area contributed by atoms with Crippen molar-refractivity contribution >= 4 is 35.0 Å². The summed E-state index contributed by atoms with van der Waals surface area (Å²) in [5.41, 5.74) is 6.01. The molecule has 8 fully saturated rings. The van der Waals surface area contributed by atoms with Gasteiger partial charge in [-0.2, -0.15) is 0 Å². The molecular weight excluding hydrogens is 560 g/mol. The van der Waals surface area contributed by atoms with Crippen LogP contribution in [0.3, 0.4) is 0 Å². The summed E-state index contributed by atoms with van der Waals surface area (Å²) in [5.74, 6) is 1.73. The molecule has 156 valence electrons. The van der Waals surface area contributed by atoms with E-state index in [0.717, 1.165) is 37.6 Å². The summed E-state index contributed by atoms with van der Waals surface area (Å²) in [6.07, 6.45) is 0. The van der Waals surface area contributed by atoms with E-state index in [0.29, 0.717) is 67.7 Å². The molecule has 3 spiro atoms. The number of hydrogen-bond donors (Lipinski definition) is 0. The van der Waals surface area contributed by atoms with E-state index >= 15 is 0 Å². The van der Waals surface area contributed by atoms with Crippen LogP contribution in [0.1, 0.15) is 83.1 Å². The van der Waals surface area contributed by atoms with E-state index in [1.165, 1.54) is 0 Å². The van der Waals surface area contributed by atoms with Gasteiger partial charge in [-0.1, -0.05) is 0 Å². The molecule has 0 aliphatic heterocycles. The fourth-order valence-corrected chi connectivity index (χ4v) is 27.1. The van der Waals surface area contributed by atoms with Gasteiger partial charge in [-0.05, 0) is 0 Å². The molecule has 0 N–H and O–H groups in total. The van der Waals surface area contributed by atoms with Crippen molar-refractivity contribution in [2.24, 2.45) is 71.4 Å². The number of hydrogen-bond acceptors (Lipinski definition) is 0. The van der Waals surface area contributed by atoms with Crippen molar-refractivity contribution in [1.29, 1.82) is 0 Å². The van der Waals surface area contributed by atoms with Crippen molar-refractivity contribution in [1.82, 2.24) is 0 Å². The second-order valence-electron chi connectivity index (χ2n) is 15.6. The summed E-state index contributed by atoms with van der Waals surface area (Å²) in [5, 5.41) is 0.520. The molecular formula is C27H40PTl. The molecule has 0 saturated heterocycles. The van der Waals surface area contributed by atoms with E-state index in [2.05, 4.69) is 92.3 Å². The molecule has 8 rings (SSSR count). The van der Waals surface area contributed by atoms with Crippen LogP contribution in [-0.2, 0) is 0 Å². The maximum atomic E-state index is 3.56. The molecule has 0 bridgehead atoms. The predicted molar refractivity (Wildman–Crippen MR) is 123 cm³/mol. The first-order valence-electron chi connectivity index (χ1n) is 12.4. The van der Waals surface area contributed by atoms with Crippen LogP contribution in [0, 0.1) is 71.4 Å². The molecule has 0 amide bonds. The SMILES string of the molecule is CC1C2(P)C(C)C3(C)[C]4([Tl])C5(C)C(C)(C)C6(C)C(C)(C)C7(C)C8(C)C1(C)C23C84C675. The molecule has 8 saturated carbocycles. The van der Waals surface area contributed by atoms with Gasteiger partial charge in [-0.25, -0.2) is 0 Å². The number of fused-ring (bicyclic) bond motifs is 4. The first kappa shape index (κ1) is 18.7. The summed E-state index contributed by atoms with van der Waals surface area (Å²) in [6.45, 7) is 33.0. The summed E-state index contributed by atoms with van der Waals surface area (Å²) in [7, 11) is 3.56. The summed E-state index contributed by atoms with van der Waals surface area (Å²) >= 11 is 1.10. The van der Waals surface area contributed by atoms with Crippen molar-refractivity contribution in [2.75, 3.05) is 0 Å². The van der Waals surface area contributed by atoms with Crippen LogP contribution in [0.2, 0.25) is 2.97 Å². The third kappa shape index (κ3) is 0.626. The maximum absolute atomic E-state index is 3.56. The minimum atomic E-state index is 0.430.